The number of nitrogens with zero attached hydrogens (tertiary/aromatic N) is 3. The first kappa shape index (κ1) is 11.1. The van der Waals surface area contributed by atoms with Crippen LogP contribution >= 0.6 is 0 Å². The summed E-state index contributed by atoms with van der Waals surface area (Å²) < 4.78 is 5.49. The van der Waals surface area contributed by atoms with Gasteiger partial charge in [-0.3, -0.25) is 4.79 Å². The molecule has 1 atom stereocenters. The summed E-state index contributed by atoms with van der Waals surface area (Å²) in [5.41, 5.74) is 0.833. The highest BCUT2D eigenvalue weighted by Gasteiger charge is 2.31. The number of rotatable bonds is 2. The van der Waals surface area contributed by atoms with Crippen molar-refractivity contribution < 1.29 is 9.53 Å². The number of nitriles is 1. The number of hydrogen-bond donors (Lipinski definition) is 0. The highest BCUT2D eigenvalue weighted by molar-refractivity contribution is 5.83. The molecule has 1 aromatic rings. The summed E-state index contributed by atoms with van der Waals surface area (Å²) >= 11 is 0. The van der Waals surface area contributed by atoms with Crippen LogP contribution in [0.4, 0.5) is 0 Å². The fourth-order valence-electron chi connectivity index (χ4n) is 1.58. The van der Waals surface area contributed by atoms with E-state index in [1.807, 2.05) is 36.4 Å². The van der Waals surface area contributed by atoms with Gasteiger partial charge < -0.3 is 4.74 Å². The molecule has 0 bridgehead atoms. The number of carbonyl (C=O) groups is 1. The number of hydrogen-bond acceptors (Lipinski definition) is 4. The normalized spacial score (nSPS) is 18.2. The molecular weight excluding hydrogens is 218 g/mol. The van der Waals surface area contributed by atoms with Gasteiger partial charge in [0, 0.05) is 12.5 Å². The Morgan fingerprint density at radius 2 is 2.24 bits per heavy atom. The molecule has 1 unspecified atom stereocenters. The second kappa shape index (κ2) is 4.66. The van der Waals surface area contributed by atoms with Gasteiger partial charge in [0.1, 0.15) is 6.42 Å². The summed E-state index contributed by atoms with van der Waals surface area (Å²) in [6.07, 6.45) is -0.496. The van der Waals surface area contributed by atoms with E-state index in [2.05, 4.69) is 5.10 Å². The molecular formula is C12H11N3O2. The summed E-state index contributed by atoms with van der Waals surface area (Å²) in [5, 5.41) is 13.8. The molecule has 0 fully saturated rings. The maximum absolute atomic E-state index is 11.4. The highest BCUT2D eigenvalue weighted by Crippen LogP contribution is 2.28. The number of ether oxygens (including phenoxy) is 1. The third-order valence-corrected chi connectivity index (χ3v) is 2.33. The number of amides is 1. The van der Waals surface area contributed by atoms with Crippen molar-refractivity contribution in [3.05, 3.63) is 35.9 Å². The monoisotopic (exact) mass is 229 g/mol. The molecule has 1 aliphatic heterocycles. The summed E-state index contributed by atoms with van der Waals surface area (Å²) in [6, 6.07) is 11.3. The lowest BCUT2D eigenvalue weighted by atomic mass is 10.2. The lowest BCUT2D eigenvalue weighted by molar-refractivity contribution is -0.135. The van der Waals surface area contributed by atoms with Crippen molar-refractivity contribution in [1.29, 1.82) is 5.26 Å². The quantitative estimate of drug-likeness (QED) is 0.776. The molecule has 0 saturated heterocycles. The topological polar surface area (TPSA) is 65.7 Å². The standard InChI is InChI=1S/C12H11N3O2/c1-9(16)15-12(10-5-3-2-4-6-10)17-11(14-15)7-8-13/h2-6,12H,7H2,1H3. The predicted octanol–water partition coefficient (Wildman–Crippen LogP) is 1.79. The predicted molar refractivity (Wildman–Crippen MR) is 60.5 cm³/mol. The van der Waals surface area contributed by atoms with E-state index in [-0.39, 0.29) is 18.2 Å². The van der Waals surface area contributed by atoms with Crippen LogP contribution in [-0.2, 0) is 9.53 Å². The second-order valence-electron chi connectivity index (χ2n) is 3.57. The smallest absolute Gasteiger partial charge is 0.243 e. The Bertz CT molecular complexity index is 490. The average Bonchev–Trinajstić information content (AvgIpc) is 2.75. The van der Waals surface area contributed by atoms with Crippen LogP contribution in [0, 0.1) is 11.3 Å². The van der Waals surface area contributed by atoms with Gasteiger partial charge in [0.15, 0.2) is 0 Å². The van der Waals surface area contributed by atoms with Crippen LogP contribution in [0.5, 0.6) is 0 Å². The van der Waals surface area contributed by atoms with E-state index in [0.29, 0.717) is 0 Å². The zero-order valence-corrected chi connectivity index (χ0v) is 9.33. The average molecular weight is 229 g/mol. The maximum Gasteiger partial charge on any atom is 0.243 e. The van der Waals surface area contributed by atoms with Crippen LogP contribution < -0.4 is 0 Å². The summed E-state index contributed by atoms with van der Waals surface area (Å²) in [7, 11) is 0. The molecule has 1 heterocycles. The Balaban J connectivity index is 2.25. The number of benzene rings is 1. The van der Waals surface area contributed by atoms with Gasteiger partial charge in [-0.2, -0.15) is 10.3 Å². The van der Waals surface area contributed by atoms with Crippen molar-refractivity contribution in [2.75, 3.05) is 0 Å². The van der Waals surface area contributed by atoms with E-state index in [4.69, 9.17) is 10.00 Å². The Hall–Kier alpha value is -2.35. The Morgan fingerprint density at radius 3 is 2.82 bits per heavy atom. The van der Waals surface area contributed by atoms with Crippen LogP contribution in [0.25, 0.3) is 0 Å². The highest BCUT2D eigenvalue weighted by atomic mass is 16.5. The number of hydrazone groups is 1. The minimum Gasteiger partial charge on any atom is -0.448 e. The SMILES string of the molecule is CC(=O)N1N=C(CC#N)OC1c1ccccc1. The van der Waals surface area contributed by atoms with Crippen molar-refractivity contribution in [3.8, 4) is 6.07 Å². The van der Waals surface area contributed by atoms with Crippen LogP contribution in [0.2, 0.25) is 0 Å². The molecule has 1 amide bonds. The van der Waals surface area contributed by atoms with Crippen LogP contribution in [0.15, 0.2) is 35.4 Å². The molecule has 0 saturated carbocycles. The van der Waals surface area contributed by atoms with Crippen molar-refractivity contribution >= 4 is 11.8 Å². The first-order valence-electron chi connectivity index (χ1n) is 5.18. The van der Waals surface area contributed by atoms with E-state index >= 15 is 0 Å². The van der Waals surface area contributed by atoms with E-state index in [1.54, 1.807) is 0 Å². The summed E-state index contributed by atoms with van der Waals surface area (Å²) in [5.74, 6) is 0.0587. The van der Waals surface area contributed by atoms with E-state index in [1.165, 1.54) is 11.9 Å². The lowest BCUT2D eigenvalue weighted by Gasteiger charge is -2.18. The summed E-state index contributed by atoms with van der Waals surface area (Å²) in [6.45, 7) is 1.41. The van der Waals surface area contributed by atoms with Crippen LogP contribution in [-0.4, -0.2) is 16.8 Å². The molecule has 86 valence electrons. The van der Waals surface area contributed by atoms with Gasteiger partial charge in [-0.05, 0) is 0 Å². The molecule has 5 heteroatoms. The maximum atomic E-state index is 11.4. The minimum atomic E-state index is -0.558. The van der Waals surface area contributed by atoms with Crippen LogP contribution in [0.1, 0.15) is 25.1 Å². The Kier molecular flexibility index (Phi) is 3.06. The number of carbonyl (C=O) groups excluding carboxylic acids is 1. The third kappa shape index (κ3) is 2.26. The summed E-state index contributed by atoms with van der Waals surface area (Å²) in [4.78, 5) is 11.4. The molecule has 0 aromatic heterocycles. The molecule has 0 radical (unpaired) electrons. The zero-order chi connectivity index (χ0) is 12.3. The van der Waals surface area contributed by atoms with Crippen LogP contribution in [0.3, 0.4) is 0 Å². The minimum absolute atomic E-state index is 0.0626. The second-order valence-corrected chi connectivity index (χ2v) is 3.57. The lowest BCUT2D eigenvalue weighted by Crippen LogP contribution is -2.25. The fourth-order valence-corrected chi connectivity index (χ4v) is 1.58. The van der Waals surface area contributed by atoms with Gasteiger partial charge in [0.05, 0.1) is 6.07 Å². The first-order chi connectivity index (χ1) is 8.22. The van der Waals surface area contributed by atoms with Gasteiger partial charge in [-0.15, -0.1) is 5.10 Å². The van der Waals surface area contributed by atoms with Gasteiger partial charge >= 0.3 is 0 Å². The van der Waals surface area contributed by atoms with Crippen molar-refractivity contribution in [1.82, 2.24) is 5.01 Å². The zero-order valence-electron chi connectivity index (χ0n) is 9.33. The Labute approximate surface area is 98.9 Å². The molecule has 17 heavy (non-hydrogen) atoms. The van der Waals surface area contributed by atoms with Crippen molar-refractivity contribution in [2.45, 2.75) is 19.6 Å². The molecule has 1 aliphatic rings. The third-order valence-electron chi connectivity index (χ3n) is 2.33. The van der Waals surface area contributed by atoms with E-state index in [0.717, 1.165) is 5.56 Å². The van der Waals surface area contributed by atoms with Gasteiger partial charge in [0.25, 0.3) is 0 Å². The van der Waals surface area contributed by atoms with Crippen molar-refractivity contribution in [2.24, 2.45) is 5.10 Å². The van der Waals surface area contributed by atoms with Crippen molar-refractivity contribution in [3.63, 3.8) is 0 Å². The molecule has 0 spiro atoms. The molecule has 2 rings (SSSR count). The van der Waals surface area contributed by atoms with Gasteiger partial charge in [0.2, 0.25) is 18.0 Å². The molecule has 0 N–H and O–H groups in total. The fraction of sp³-hybridized carbons (Fsp3) is 0.250. The van der Waals surface area contributed by atoms with E-state index < -0.39 is 6.23 Å². The molecule has 0 aliphatic carbocycles. The van der Waals surface area contributed by atoms with Gasteiger partial charge in [-0.1, -0.05) is 30.3 Å². The van der Waals surface area contributed by atoms with Gasteiger partial charge in [-0.25, -0.2) is 0 Å². The first-order valence-corrected chi connectivity index (χ1v) is 5.18. The van der Waals surface area contributed by atoms with E-state index in [9.17, 15) is 4.79 Å². The molecule has 5 nitrogen and oxygen atoms in total. The largest absolute Gasteiger partial charge is 0.448 e. The molecule has 1 aromatic carbocycles. The Morgan fingerprint density at radius 1 is 1.53 bits per heavy atom.